The fraction of sp³-hybridized carbons (Fsp3) is 0.636. The molecule has 0 heterocycles. The first kappa shape index (κ1) is 18.3. The molecule has 3 aliphatic carbocycles. The standard InChI is InChI=1S/C22H28O5/c1-21-11-13-18-12(19(27-5)15(26-4)9-14(18)25-3)10-22(2,20(13)24)16(21)7-6-8-17(21)23/h9,13,16H,6-8,10-11H2,1-5H3/t13?,16-,21+,22-/m1/s1. The molecule has 0 N–H and O–H groups in total. The Kier molecular flexibility index (Phi) is 4.06. The number of Topliss-reactive ketones (excluding diaryl/α,β-unsaturated/α-hetero) is 2. The van der Waals surface area contributed by atoms with Crippen molar-refractivity contribution >= 4 is 11.6 Å². The van der Waals surface area contributed by atoms with Crippen molar-refractivity contribution in [2.24, 2.45) is 16.7 Å². The first-order valence-electron chi connectivity index (χ1n) is 9.71. The van der Waals surface area contributed by atoms with E-state index in [1.807, 2.05) is 0 Å². The molecule has 0 radical (unpaired) electrons. The minimum atomic E-state index is -0.564. The lowest BCUT2D eigenvalue weighted by Crippen LogP contribution is -2.59. The maximum atomic E-state index is 13.6. The number of hydrogen-bond acceptors (Lipinski definition) is 5. The summed E-state index contributed by atoms with van der Waals surface area (Å²) >= 11 is 0. The molecule has 2 saturated carbocycles. The summed E-state index contributed by atoms with van der Waals surface area (Å²) in [6, 6.07) is 1.80. The largest absolute Gasteiger partial charge is 0.496 e. The zero-order chi connectivity index (χ0) is 19.6. The maximum Gasteiger partial charge on any atom is 0.164 e. The van der Waals surface area contributed by atoms with Gasteiger partial charge in [-0.3, -0.25) is 9.59 Å². The van der Waals surface area contributed by atoms with Crippen LogP contribution in [0, 0.1) is 16.7 Å². The van der Waals surface area contributed by atoms with Crippen LogP contribution in [-0.4, -0.2) is 32.9 Å². The van der Waals surface area contributed by atoms with E-state index in [1.54, 1.807) is 27.4 Å². The number of fused-ring (bicyclic) bond motifs is 6. The first-order valence-corrected chi connectivity index (χ1v) is 9.71. The number of ketones is 2. The zero-order valence-corrected chi connectivity index (χ0v) is 16.8. The van der Waals surface area contributed by atoms with E-state index in [0.717, 1.165) is 24.0 Å². The second kappa shape index (κ2) is 5.98. The van der Waals surface area contributed by atoms with E-state index >= 15 is 0 Å². The molecule has 4 atom stereocenters. The smallest absolute Gasteiger partial charge is 0.164 e. The summed E-state index contributed by atoms with van der Waals surface area (Å²) in [6.45, 7) is 4.13. The van der Waals surface area contributed by atoms with Crippen molar-refractivity contribution in [2.45, 2.75) is 51.9 Å². The SMILES string of the molecule is COc1cc(OC)c2c(c1OC)C[C@@]1(C)C(=O)C2C[C@]2(C)C(=O)CCC[C@@H]12. The lowest BCUT2D eigenvalue weighted by Gasteiger charge is -2.57. The summed E-state index contributed by atoms with van der Waals surface area (Å²) in [7, 11) is 4.85. The Bertz CT molecular complexity index is 828. The van der Waals surface area contributed by atoms with Gasteiger partial charge in [-0.1, -0.05) is 13.8 Å². The highest BCUT2D eigenvalue weighted by molar-refractivity contribution is 5.99. The third-order valence-corrected chi connectivity index (χ3v) is 7.47. The Morgan fingerprint density at radius 1 is 1.00 bits per heavy atom. The number of ether oxygens (including phenoxy) is 3. The molecule has 3 aliphatic rings. The van der Waals surface area contributed by atoms with Crippen molar-refractivity contribution in [1.82, 2.24) is 0 Å². The fourth-order valence-electron chi connectivity index (χ4n) is 6.22. The van der Waals surface area contributed by atoms with Crippen LogP contribution in [0.1, 0.15) is 56.6 Å². The molecule has 27 heavy (non-hydrogen) atoms. The van der Waals surface area contributed by atoms with Gasteiger partial charge in [-0.05, 0) is 31.6 Å². The Hall–Kier alpha value is -2.04. The van der Waals surface area contributed by atoms with E-state index < -0.39 is 10.8 Å². The summed E-state index contributed by atoms with van der Waals surface area (Å²) in [5.41, 5.74) is 0.879. The first-order chi connectivity index (χ1) is 12.8. The van der Waals surface area contributed by atoms with Gasteiger partial charge in [0.1, 0.15) is 17.3 Å². The van der Waals surface area contributed by atoms with Crippen LogP contribution in [0.4, 0.5) is 0 Å². The van der Waals surface area contributed by atoms with Gasteiger partial charge in [-0.25, -0.2) is 0 Å². The Labute approximate surface area is 160 Å². The number of methoxy groups -OCH3 is 3. The van der Waals surface area contributed by atoms with Crippen LogP contribution >= 0.6 is 0 Å². The van der Waals surface area contributed by atoms with Gasteiger partial charge in [0, 0.05) is 40.4 Å². The highest BCUT2D eigenvalue weighted by Crippen LogP contribution is 2.64. The number of benzene rings is 1. The van der Waals surface area contributed by atoms with E-state index in [2.05, 4.69) is 13.8 Å². The minimum Gasteiger partial charge on any atom is -0.496 e. The van der Waals surface area contributed by atoms with Gasteiger partial charge in [0.05, 0.1) is 21.3 Å². The average Bonchev–Trinajstić information content (AvgIpc) is 2.65. The van der Waals surface area contributed by atoms with Crippen LogP contribution in [0.15, 0.2) is 6.07 Å². The molecule has 1 aromatic carbocycles. The lowest BCUT2D eigenvalue weighted by molar-refractivity contribution is -0.157. The summed E-state index contributed by atoms with van der Waals surface area (Å²) in [6.07, 6.45) is 3.54. The molecule has 4 rings (SSSR count). The summed E-state index contributed by atoms with van der Waals surface area (Å²) < 4.78 is 16.9. The van der Waals surface area contributed by atoms with Crippen molar-refractivity contribution in [3.8, 4) is 17.2 Å². The molecular weight excluding hydrogens is 344 g/mol. The predicted molar refractivity (Wildman–Crippen MR) is 101 cm³/mol. The van der Waals surface area contributed by atoms with Crippen LogP contribution in [0.2, 0.25) is 0 Å². The van der Waals surface area contributed by atoms with Gasteiger partial charge < -0.3 is 14.2 Å². The van der Waals surface area contributed by atoms with Gasteiger partial charge in [0.15, 0.2) is 11.5 Å². The van der Waals surface area contributed by atoms with Crippen LogP contribution in [0.5, 0.6) is 17.2 Å². The normalized spacial score (nSPS) is 34.6. The topological polar surface area (TPSA) is 61.8 Å². The highest BCUT2D eigenvalue weighted by Gasteiger charge is 2.63. The lowest BCUT2D eigenvalue weighted by atomic mass is 9.44. The zero-order valence-electron chi connectivity index (χ0n) is 16.8. The summed E-state index contributed by atoms with van der Waals surface area (Å²) in [5, 5.41) is 0. The quantitative estimate of drug-likeness (QED) is 0.809. The Balaban J connectivity index is 1.98. The molecule has 5 heteroatoms. The van der Waals surface area contributed by atoms with Crippen molar-refractivity contribution in [1.29, 1.82) is 0 Å². The van der Waals surface area contributed by atoms with Crippen molar-refractivity contribution < 1.29 is 23.8 Å². The van der Waals surface area contributed by atoms with Crippen molar-refractivity contribution in [3.63, 3.8) is 0 Å². The van der Waals surface area contributed by atoms with Gasteiger partial charge >= 0.3 is 0 Å². The second-order valence-electron chi connectivity index (χ2n) is 8.71. The number of hydrogen-bond donors (Lipinski definition) is 0. The molecule has 2 bridgehead atoms. The second-order valence-corrected chi connectivity index (χ2v) is 8.71. The number of carbonyl (C=O) groups excluding carboxylic acids is 2. The van der Waals surface area contributed by atoms with Crippen LogP contribution in [-0.2, 0) is 16.0 Å². The van der Waals surface area contributed by atoms with E-state index in [9.17, 15) is 9.59 Å². The van der Waals surface area contributed by atoms with Gasteiger partial charge in [-0.2, -0.15) is 0 Å². The van der Waals surface area contributed by atoms with E-state index in [-0.39, 0.29) is 17.6 Å². The number of carbonyl (C=O) groups is 2. The molecule has 1 aromatic rings. The minimum absolute atomic E-state index is 0.0741. The summed E-state index contributed by atoms with van der Waals surface area (Å²) in [5.74, 6) is 2.24. The third-order valence-electron chi connectivity index (χ3n) is 7.47. The van der Waals surface area contributed by atoms with E-state index in [4.69, 9.17) is 14.2 Å². The number of rotatable bonds is 3. The highest BCUT2D eigenvalue weighted by atomic mass is 16.5. The van der Waals surface area contributed by atoms with Crippen molar-refractivity contribution in [3.05, 3.63) is 17.2 Å². The molecule has 0 aliphatic heterocycles. The molecule has 146 valence electrons. The Morgan fingerprint density at radius 2 is 1.70 bits per heavy atom. The van der Waals surface area contributed by atoms with Crippen LogP contribution in [0.3, 0.4) is 0 Å². The third kappa shape index (κ3) is 2.23. The van der Waals surface area contributed by atoms with E-state index in [0.29, 0.717) is 42.3 Å². The average molecular weight is 372 g/mol. The molecule has 1 unspecified atom stereocenters. The molecule has 0 spiro atoms. The fourth-order valence-corrected chi connectivity index (χ4v) is 6.22. The molecule has 0 amide bonds. The predicted octanol–water partition coefficient (Wildman–Crippen LogP) is 3.71. The molecular formula is C22H28O5. The molecule has 5 nitrogen and oxygen atoms in total. The molecule has 0 saturated heterocycles. The summed E-state index contributed by atoms with van der Waals surface area (Å²) in [4.78, 5) is 26.5. The van der Waals surface area contributed by atoms with Gasteiger partial charge in [-0.15, -0.1) is 0 Å². The van der Waals surface area contributed by atoms with Crippen molar-refractivity contribution in [2.75, 3.05) is 21.3 Å². The monoisotopic (exact) mass is 372 g/mol. The van der Waals surface area contributed by atoms with Crippen LogP contribution in [0.25, 0.3) is 0 Å². The maximum absolute atomic E-state index is 13.6. The van der Waals surface area contributed by atoms with Crippen LogP contribution < -0.4 is 14.2 Å². The van der Waals surface area contributed by atoms with Gasteiger partial charge in [0.2, 0.25) is 0 Å². The Morgan fingerprint density at radius 3 is 2.33 bits per heavy atom. The van der Waals surface area contributed by atoms with Gasteiger partial charge in [0.25, 0.3) is 0 Å². The van der Waals surface area contributed by atoms with E-state index in [1.165, 1.54) is 0 Å². The molecule has 0 aromatic heterocycles. The molecule has 2 fully saturated rings.